The van der Waals surface area contributed by atoms with Gasteiger partial charge in [0.05, 0.1) is 19.2 Å². The lowest BCUT2D eigenvalue weighted by Crippen LogP contribution is -2.22. The molecule has 0 spiro atoms. The van der Waals surface area contributed by atoms with Gasteiger partial charge in [-0.05, 0) is 17.7 Å². The van der Waals surface area contributed by atoms with E-state index in [9.17, 15) is 4.79 Å². The second-order valence-electron chi connectivity index (χ2n) is 4.22. The lowest BCUT2D eigenvalue weighted by atomic mass is 10.1. The molecule has 0 aliphatic carbocycles. The van der Waals surface area contributed by atoms with E-state index in [1.807, 2.05) is 12.1 Å². The van der Waals surface area contributed by atoms with Crippen LogP contribution in [-0.2, 0) is 13.6 Å². The van der Waals surface area contributed by atoms with E-state index in [0.717, 1.165) is 5.56 Å². The predicted molar refractivity (Wildman–Crippen MR) is 77.7 cm³/mol. The Kier molecular flexibility index (Phi) is 3.71. The number of ether oxygens (including phenoxy) is 1. The topological polar surface area (TPSA) is 62.2 Å². The predicted octanol–water partition coefficient (Wildman–Crippen LogP) is 0.878. The number of rotatable bonds is 4. The van der Waals surface area contributed by atoms with Gasteiger partial charge in [-0.1, -0.05) is 18.3 Å². The Morgan fingerprint density at radius 3 is 2.68 bits per heavy atom. The Balaban J connectivity index is 2.36. The van der Waals surface area contributed by atoms with E-state index in [1.54, 1.807) is 37.2 Å². The molecule has 0 unspecified atom stereocenters. The number of nitrogens with zero attached hydrogens (tertiary/aromatic N) is 2. The molecule has 5 nitrogen and oxygen atoms in total. The van der Waals surface area contributed by atoms with E-state index in [2.05, 4.69) is 0 Å². The lowest BCUT2D eigenvalue weighted by Gasteiger charge is -2.09. The van der Waals surface area contributed by atoms with Crippen molar-refractivity contribution in [1.82, 2.24) is 9.13 Å². The van der Waals surface area contributed by atoms with Crippen LogP contribution in [0.4, 0.5) is 0 Å². The van der Waals surface area contributed by atoms with E-state index >= 15 is 0 Å². The standard InChI is InChI=1S/C13H15N3O2S/c1-15-5-6-16(13(15)17)8-9-3-4-11(18-2)10(7-9)12(14)19/h3-7H,8H2,1-2H3,(H2,14,19). The molecule has 0 fully saturated rings. The SMILES string of the molecule is COc1ccc(Cn2ccn(C)c2=O)cc1C(N)=S. The number of imidazole rings is 1. The molecular formula is C13H15N3O2S. The van der Waals surface area contributed by atoms with Crippen molar-refractivity contribution in [2.75, 3.05) is 7.11 Å². The number of hydrogen-bond acceptors (Lipinski definition) is 3. The molecule has 19 heavy (non-hydrogen) atoms. The monoisotopic (exact) mass is 277 g/mol. The molecule has 100 valence electrons. The first-order valence-electron chi connectivity index (χ1n) is 5.71. The summed E-state index contributed by atoms with van der Waals surface area (Å²) in [5.41, 5.74) is 7.22. The molecule has 0 amide bonds. The lowest BCUT2D eigenvalue weighted by molar-refractivity contribution is 0.414. The maximum atomic E-state index is 11.8. The van der Waals surface area contributed by atoms with Crippen LogP contribution in [0.25, 0.3) is 0 Å². The average Bonchev–Trinajstić information content (AvgIpc) is 2.70. The number of benzene rings is 1. The summed E-state index contributed by atoms with van der Waals surface area (Å²) in [7, 11) is 3.28. The normalized spacial score (nSPS) is 10.4. The summed E-state index contributed by atoms with van der Waals surface area (Å²) in [6, 6.07) is 5.54. The fourth-order valence-corrected chi connectivity index (χ4v) is 2.03. The highest BCUT2D eigenvalue weighted by molar-refractivity contribution is 7.80. The zero-order valence-electron chi connectivity index (χ0n) is 10.8. The Morgan fingerprint density at radius 1 is 1.42 bits per heavy atom. The zero-order chi connectivity index (χ0) is 14.0. The summed E-state index contributed by atoms with van der Waals surface area (Å²) in [5.74, 6) is 0.636. The van der Waals surface area contributed by atoms with Crippen LogP contribution in [-0.4, -0.2) is 21.2 Å². The summed E-state index contributed by atoms with van der Waals surface area (Å²) < 4.78 is 8.34. The van der Waals surface area contributed by atoms with Crippen molar-refractivity contribution >= 4 is 17.2 Å². The maximum absolute atomic E-state index is 11.8. The van der Waals surface area contributed by atoms with E-state index in [0.29, 0.717) is 17.9 Å². The summed E-state index contributed by atoms with van der Waals surface area (Å²) in [4.78, 5) is 12.0. The van der Waals surface area contributed by atoms with Gasteiger partial charge in [0.1, 0.15) is 10.7 Å². The van der Waals surface area contributed by atoms with Gasteiger partial charge in [0.15, 0.2) is 0 Å². The first kappa shape index (κ1) is 13.4. The van der Waals surface area contributed by atoms with Crippen molar-refractivity contribution in [3.05, 3.63) is 52.2 Å². The Morgan fingerprint density at radius 2 is 2.16 bits per heavy atom. The van der Waals surface area contributed by atoms with Gasteiger partial charge in [-0.15, -0.1) is 0 Å². The fourth-order valence-electron chi connectivity index (χ4n) is 1.87. The Hall–Kier alpha value is -2.08. The number of aryl methyl sites for hydroxylation is 1. The van der Waals surface area contributed by atoms with E-state index < -0.39 is 0 Å². The number of aromatic nitrogens is 2. The second kappa shape index (κ2) is 5.27. The van der Waals surface area contributed by atoms with Gasteiger partial charge < -0.3 is 15.0 Å². The van der Waals surface area contributed by atoms with Crippen LogP contribution in [0, 0.1) is 0 Å². The molecule has 6 heteroatoms. The highest BCUT2D eigenvalue weighted by atomic mass is 32.1. The smallest absolute Gasteiger partial charge is 0.328 e. The molecule has 0 saturated heterocycles. The van der Waals surface area contributed by atoms with Crippen LogP contribution in [0.2, 0.25) is 0 Å². The number of hydrogen-bond donors (Lipinski definition) is 1. The molecule has 0 bridgehead atoms. The van der Waals surface area contributed by atoms with Crippen LogP contribution in [0.1, 0.15) is 11.1 Å². The van der Waals surface area contributed by atoms with Crippen LogP contribution in [0.3, 0.4) is 0 Å². The minimum Gasteiger partial charge on any atom is -0.496 e. The van der Waals surface area contributed by atoms with Gasteiger partial charge in [0.2, 0.25) is 0 Å². The van der Waals surface area contributed by atoms with Gasteiger partial charge in [-0.25, -0.2) is 4.79 Å². The molecular weight excluding hydrogens is 262 g/mol. The van der Waals surface area contributed by atoms with Crippen molar-refractivity contribution in [3.63, 3.8) is 0 Å². The highest BCUT2D eigenvalue weighted by Crippen LogP contribution is 2.20. The van der Waals surface area contributed by atoms with Crippen molar-refractivity contribution < 1.29 is 4.74 Å². The third-order valence-corrected chi connectivity index (χ3v) is 3.12. The van der Waals surface area contributed by atoms with Crippen LogP contribution in [0.15, 0.2) is 35.4 Å². The number of thiocarbonyl (C=S) groups is 1. The van der Waals surface area contributed by atoms with Gasteiger partial charge in [-0.2, -0.15) is 0 Å². The Bertz CT molecular complexity index is 673. The Labute approximate surface area is 116 Å². The van der Waals surface area contributed by atoms with Crippen molar-refractivity contribution in [2.24, 2.45) is 12.8 Å². The number of methoxy groups -OCH3 is 1. The molecule has 0 aliphatic rings. The first-order chi connectivity index (χ1) is 9.02. The largest absolute Gasteiger partial charge is 0.496 e. The minimum absolute atomic E-state index is 0.0623. The summed E-state index contributed by atoms with van der Waals surface area (Å²) >= 11 is 5.00. The third-order valence-electron chi connectivity index (χ3n) is 2.90. The number of nitrogens with two attached hydrogens (primary N) is 1. The molecule has 0 aliphatic heterocycles. The average molecular weight is 277 g/mol. The molecule has 2 N–H and O–H groups in total. The van der Waals surface area contributed by atoms with Gasteiger partial charge in [0, 0.05) is 19.4 Å². The van der Waals surface area contributed by atoms with E-state index in [-0.39, 0.29) is 10.7 Å². The van der Waals surface area contributed by atoms with Crippen LogP contribution in [0.5, 0.6) is 5.75 Å². The minimum atomic E-state index is -0.0623. The molecule has 1 aromatic heterocycles. The molecule has 1 aromatic carbocycles. The fraction of sp³-hybridized carbons (Fsp3) is 0.231. The van der Waals surface area contributed by atoms with Crippen LogP contribution >= 0.6 is 12.2 Å². The summed E-state index contributed by atoms with van der Waals surface area (Å²) in [6.45, 7) is 0.472. The van der Waals surface area contributed by atoms with E-state index in [1.165, 1.54) is 4.57 Å². The molecule has 0 atom stereocenters. The summed E-state index contributed by atoms with van der Waals surface area (Å²) in [6.07, 6.45) is 3.47. The van der Waals surface area contributed by atoms with Crippen molar-refractivity contribution in [3.8, 4) is 5.75 Å². The van der Waals surface area contributed by atoms with Crippen LogP contribution < -0.4 is 16.2 Å². The molecule has 0 radical (unpaired) electrons. The molecule has 1 heterocycles. The first-order valence-corrected chi connectivity index (χ1v) is 6.12. The van der Waals surface area contributed by atoms with Gasteiger partial charge in [0.25, 0.3) is 0 Å². The van der Waals surface area contributed by atoms with Gasteiger partial charge >= 0.3 is 5.69 Å². The highest BCUT2D eigenvalue weighted by Gasteiger charge is 2.08. The molecule has 2 aromatic rings. The van der Waals surface area contributed by atoms with E-state index in [4.69, 9.17) is 22.7 Å². The zero-order valence-corrected chi connectivity index (χ0v) is 11.6. The quantitative estimate of drug-likeness (QED) is 0.843. The maximum Gasteiger partial charge on any atom is 0.328 e. The van der Waals surface area contributed by atoms with Crippen molar-refractivity contribution in [1.29, 1.82) is 0 Å². The summed E-state index contributed by atoms with van der Waals surface area (Å²) in [5, 5.41) is 0. The van der Waals surface area contributed by atoms with Crippen molar-refractivity contribution in [2.45, 2.75) is 6.54 Å². The molecule has 0 saturated carbocycles. The van der Waals surface area contributed by atoms with Gasteiger partial charge in [-0.3, -0.25) is 4.57 Å². The third kappa shape index (κ3) is 2.68. The molecule has 2 rings (SSSR count). The second-order valence-corrected chi connectivity index (χ2v) is 4.66.